The van der Waals surface area contributed by atoms with E-state index < -0.39 is 0 Å². The molecular weight excluding hydrogens is 423 g/mol. The van der Waals surface area contributed by atoms with Crippen LogP contribution in [0.1, 0.15) is 29.5 Å². The molecule has 8 heteroatoms. The van der Waals surface area contributed by atoms with Gasteiger partial charge in [-0.15, -0.1) is 0 Å². The summed E-state index contributed by atoms with van der Waals surface area (Å²) in [6.07, 6.45) is 2.09. The molecule has 2 amide bonds. The Morgan fingerprint density at radius 2 is 1.79 bits per heavy atom. The molecular formula is C25H23FN4O3. The number of pyridine rings is 1. The predicted octanol–water partition coefficient (Wildman–Crippen LogP) is 3.59. The average Bonchev–Trinajstić information content (AvgIpc) is 2.85. The Bertz CT molecular complexity index is 1150. The molecule has 2 aromatic carbocycles. The van der Waals surface area contributed by atoms with Gasteiger partial charge in [0.15, 0.2) is 0 Å². The lowest BCUT2D eigenvalue weighted by atomic mass is 10.1. The van der Waals surface area contributed by atoms with Crippen molar-refractivity contribution < 1.29 is 18.7 Å². The zero-order chi connectivity index (χ0) is 23.0. The van der Waals surface area contributed by atoms with Crippen molar-refractivity contribution in [3.63, 3.8) is 0 Å². The van der Waals surface area contributed by atoms with Gasteiger partial charge >= 0.3 is 0 Å². The Labute approximate surface area is 190 Å². The van der Waals surface area contributed by atoms with E-state index in [0.717, 1.165) is 16.7 Å². The van der Waals surface area contributed by atoms with Gasteiger partial charge in [-0.05, 0) is 34.9 Å². The van der Waals surface area contributed by atoms with Crippen LogP contribution in [0.2, 0.25) is 0 Å². The van der Waals surface area contributed by atoms with Gasteiger partial charge in [0.2, 0.25) is 11.8 Å². The Morgan fingerprint density at radius 3 is 2.58 bits per heavy atom. The molecule has 3 aromatic rings. The molecule has 0 atom stereocenters. The van der Waals surface area contributed by atoms with Gasteiger partial charge in [0, 0.05) is 31.6 Å². The summed E-state index contributed by atoms with van der Waals surface area (Å²) in [6.45, 7) is 0.856. The van der Waals surface area contributed by atoms with Crippen molar-refractivity contribution in [1.29, 1.82) is 0 Å². The smallest absolute Gasteiger partial charge is 0.267 e. The third kappa shape index (κ3) is 6.22. The van der Waals surface area contributed by atoms with Gasteiger partial charge in [-0.3, -0.25) is 9.59 Å². The van der Waals surface area contributed by atoms with Crippen LogP contribution in [0, 0.1) is 5.82 Å². The molecule has 7 nitrogen and oxygen atoms in total. The largest absolute Gasteiger partial charge is 0.473 e. The first-order valence-corrected chi connectivity index (χ1v) is 10.6. The molecule has 1 N–H and O–H groups in total. The van der Waals surface area contributed by atoms with Crippen LogP contribution in [0.4, 0.5) is 4.39 Å². The Balaban J connectivity index is 1.34. The van der Waals surface area contributed by atoms with Crippen LogP contribution in [-0.2, 0) is 29.3 Å². The minimum atomic E-state index is -0.350. The van der Waals surface area contributed by atoms with Crippen molar-refractivity contribution in [2.75, 3.05) is 0 Å². The van der Waals surface area contributed by atoms with Crippen molar-refractivity contribution in [1.82, 2.24) is 15.3 Å². The van der Waals surface area contributed by atoms with Crippen LogP contribution < -0.4 is 10.1 Å². The minimum Gasteiger partial charge on any atom is -0.473 e. The zero-order valence-corrected chi connectivity index (χ0v) is 17.9. The number of nitrogens with zero attached hydrogens (tertiary/aromatic N) is 3. The topological polar surface area (TPSA) is 83.9 Å². The monoisotopic (exact) mass is 446 g/mol. The lowest BCUT2D eigenvalue weighted by Gasteiger charge is -2.23. The molecule has 0 radical (unpaired) electrons. The standard InChI is InChI=1S/C25H23FN4O3/c26-21-8-6-18(7-9-21)16-30-24(31)11-10-22(29-30)25(32)28-15-20-12-13-27-23(14-20)33-17-19-4-2-1-3-5-19/h1-9,12-14H,10-11,15-17H2,(H,28,32). The predicted molar refractivity (Wildman–Crippen MR) is 120 cm³/mol. The number of benzene rings is 2. The van der Waals surface area contributed by atoms with Crippen molar-refractivity contribution in [3.8, 4) is 5.88 Å². The van der Waals surface area contributed by atoms with E-state index in [4.69, 9.17) is 4.74 Å². The van der Waals surface area contributed by atoms with Gasteiger partial charge in [0.1, 0.15) is 18.1 Å². The summed E-state index contributed by atoms with van der Waals surface area (Å²) in [4.78, 5) is 29.1. The third-order valence-corrected chi connectivity index (χ3v) is 5.09. The Morgan fingerprint density at radius 1 is 1.00 bits per heavy atom. The highest BCUT2D eigenvalue weighted by atomic mass is 19.1. The van der Waals surface area contributed by atoms with E-state index in [1.807, 2.05) is 30.3 Å². The molecule has 0 fully saturated rings. The fourth-order valence-corrected chi connectivity index (χ4v) is 3.31. The lowest BCUT2D eigenvalue weighted by molar-refractivity contribution is -0.132. The fourth-order valence-electron chi connectivity index (χ4n) is 3.31. The van der Waals surface area contributed by atoms with Crippen molar-refractivity contribution in [3.05, 3.63) is 95.4 Å². The van der Waals surface area contributed by atoms with Crippen LogP contribution in [0.25, 0.3) is 0 Å². The molecule has 4 rings (SSSR count). The van der Waals surface area contributed by atoms with Crippen molar-refractivity contribution >= 4 is 17.5 Å². The summed E-state index contributed by atoms with van der Waals surface area (Å²) in [5, 5.41) is 8.32. The number of carbonyl (C=O) groups excluding carboxylic acids is 2. The fraction of sp³-hybridized carbons (Fsp3) is 0.200. The maximum Gasteiger partial charge on any atom is 0.267 e. The molecule has 0 bridgehead atoms. The van der Waals surface area contributed by atoms with Gasteiger partial charge in [0.25, 0.3) is 5.91 Å². The first-order valence-electron chi connectivity index (χ1n) is 10.6. The quantitative estimate of drug-likeness (QED) is 0.573. The SMILES string of the molecule is O=C(NCc1ccnc(OCc2ccccc2)c1)C1=NN(Cc2ccc(F)cc2)C(=O)CC1. The number of rotatable bonds is 8. The number of carbonyl (C=O) groups is 2. The number of amides is 2. The van der Waals surface area contributed by atoms with E-state index in [0.29, 0.717) is 12.5 Å². The molecule has 1 aliphatic rings. The molecule has 0 saturated carbocycles. The van der Waals surface area contributed by atoms with Gasteiger partial charge in [-0.2, -0.15) is 5.10 Å². The van der Waals surface area contributed by atoms with Crippen molar-refractivity contribution in [2.24, 2.45) is 5.10 Å². The van der Waals surface area contributed by atoms with Crippen LogP contribution in [0.15, 0.2) is 78.0 Å². The second kappa shape index (κ2) is 10.5. The first kappa shape index (κ1) is 22.1. The molecule has 168 valence electrons. The molecule has 2 heterocycles. The lowest BCUT2D eigenvalue weighted by Crippen LogP contribution is -2.38. The number of ether oxygens (including phenoxy) is 1. The van der Waals surface area contributed by atoms with E-state index in [1.165, 1.54) is 17.1 Å². The maximum atomic E-state index is 13.1. The van der Waals surface area contributed by atoms with Crippen LogP contribution in [0.5, 0.6) is 5.88 Å². The number of nitrogens with one attached hydrogen (secondary N) is 1. The summed E-state index contributed by atoms with van der Waals surface area (Å²) < 4.78 is 18.8. The number of halogens is 1. The Hall–Kier alpha value is -4.07. The van der Waals surface area contributed by atoms with Crippen LogP contribution >= 0.6 is 0 Å². The molecule has 1 aromatic heterocycles. The highest BCUT2D eigenvalue weighted by molar-refractivity contribution is 6.39. The third-order valence-electron chi connectivity index (χ3n) is 5.09. The summed E-state index contributed by atoms with van der Waals surface area (Å²) in [6, 6.07) is 19.2. The highest BCUT2D eigenvalue weighted by Gasteiger charge is 2.24. The first-order chi connectivity index (χ1) is 16.1. The van der Waals surface area contributed by atoms with Crippen LogP contribution in [0.3, 0.4) is 0 Å². The molecule has 0 aliphatic carbocycles. The molecule has 33 heavy (non-hydrogen) atoms. The van der Waals surface area contributed by atoms with Gasteiger partial charge in [-0.1, -0.05) is 42.5 Å². The van der Waals surface area contributed by atoms with Crippen LogP contribution in [-0.4, -0.2) is 27.5 Å². The number of hydrogen-bond donors (Lipinski definition) is 1. The summed E-state index contributed by atoms with van der Waals surface area (Å²) in [5.74, 6) is -0.394. The molecule has 0 spiro atoms. The number of hydrazone groups is 1. The second-order valence-corrected chi connectivity index (χ2v) is 7.58. The summed E-state index contributed by atoms with van der Waals surface area (Å²) >= 11 is 0. The normalized spacial score (nSPS) is 13.4. The summed E-state index contributed by atoms with van der Waals surface area (Å²) in [7, 11) is 0. The molecule has 0 unspecified atom stereocenters. The summed E-state index contributed by atoms with van der Waals surface area (Å²) in [5.41, 5.74) is 2.88. The number of hydrogen-bond acceptors (Lipinski definition) is 5. The van der Waals surface area contributed by atoms with Crippen molar-refractivity contribution in [2.45, 2.75) is 32.5 Å². The van der Waals surface area contributed by atoms with Gasteiger partial charge in [-0.25, -0.2) is 14.4 Å². The van der Waals surface area contributed by atoms with Gasteiger partial charge < -0.3 is 10.1 Å². The van der Waals surface area contributed by atoms with E-state index in [9.17, 15) is 14.0 Å². The maximum absolute atomic E-state index is 13.1. The highest BCUT2D eigenvalue weighted by Crippen LogP contribution is 2.15. The van der Waals surface area contributed by atoms with Gasteiger partial charge in [0.05, 0.1) is 6.54 Å². The number of aromatic nitrogens is 1. The minimum absolute atomic E-state index is 0.176. The average molecular weight is 446 g/mol. The Kier molecular flexibility index (Phi) is 7.04. The van der Waals surface area contributed by atoms with E-state index in [2.05, 4.69) is 15.4 Å². The molecule has 0 saturated heterocycles. The molecule has 1 aliphatic heterocycles. The zero-order valence-electron chi connectivity index (χ0n) is 17.9. The van der Waals surface area contributed by atoms with E-state index in [-0.39, 0.29) is 49.3 Å². The second-order valence-electron chi connectivity index (χ2n) is 7.58. The van der Waals surface area contributed by atoms with E-state index in [1.54, 1.807) is 30.5 Å². The van der Waals surface area contributed by atoms with E-state index >= 15 is 0 Å².